The van der Waals surface area contributed by atoms with E-state index in [2.05, 4.69) is 17.4 Å². The molecule has 90 valence electrons. The third-order valence-corrected chi connectivity index (χ3v) is 2.55. The van der Waals surface area contributed by atoms with Gasteiger partial charge < -0.3 is 14.8 Å². The van der Waals surface area contributed by atoms with E-state index in [-0.39, 0.29) is 0 Å². The maximum atomic E-state index is 5.41. The molecule has 0 heterocycles. The molecule has 0 bridgehead atoms. The Morgan fingerprint density at radius 2 is 1.94 bits per heavy atom. The summed E-state index contributed by atoms with van der Waals surface area (Å²) in [5.74, 6) is 0.924. The van der Waals surface area contributed by atoms with Gasteiger partial charge in [-0.3, -0.25) is 0 Å². The minimum atomic E-state index is 0.343. The summed E-state index contributed by atoms with van der Waals surface area (Å²) in [5, 5.41) is 3.28. The number of methoxy groups -OCH3 is 1. The van der Waals surface area contributed by atoms with Gasteiger partial charge in [0.1, 0.15) is 5.75 Å². The van der Waals surface area contributed by atoms with Crippen LogP contribution in [0.5, 0.6) is 5.75 Å². The number of hydrogen-bond donors (Lipinski definition) is 1. The third-order valence-electron chi connectivity index (χ3n) is 2.55. The Kier molecular flexibility index (Phi) is 5.90. The summed E-state index contributed by atoms with van der Waals surface area (Å²) in [6.45, 7) is 3.46. The van der Waals surface area contributed by atoms with Gasteiger partial charge in [-0.2, -0.15) is 0 Å². The molecule has 0 amide bonds. The Bertz CT molecular complexity index is 284. The summed E-state index contributed by atoms with van der Waals surface area (Å²) in [6.07, 6.45) is 0.973. The smallest absolute Gasteiger partial charge is 0.119 e. The highest BCUT2D eigenvalue weighted by Crippen LogP contribution is 2.20. The van der Waals surface area contributed by atoms with Crippen molar-refractivity contribution in [2.24, 2.45) is 0 Å². The highest BCUT2D eigenvalue weighted by molar-refractivity contribution is 5.29. The van der Waals surface area contributed by atoms with Crippen molar-refractivity contribution in [2.45, 2.75) is 19.4 Å². The van der Waals surface area contributed by atoms with Gasteiger partial charge in [0.15, 0.2) is 0 Å². The van der Waals surface area contributed by atoms with Gasteiger partial charge in [-0.1, -0.05) is 12.1 Å². The van der Waals surface area contributed by atoms with Crippen molar-refractivity contribution < 1.29 is 9.47 Å². The summed E-state index contributed by atoms with van der Waals surface area (Å²) in [6, 6.07) is 8.56. The predicted molar refractivity (Wildman–Crippen MR) is 65.9 cm³/mol. The van der Waals surface area contributed by atoms with Crippen molar-refractivity contribution in [3.05, 3.63) is 29.8 Å². The molecule has 1 N–H and O–H groups in total. The quantitative estimate of drug-likeness (QED) is 0.770. The Morgan fingerprint density at radius 1 is 1.25 bits per heavy atom. The molecule has 0 aromatic heterocycles. The van der Waals surface area contributed by atoms with Crippen molar-refractivity contribution in [2.75, 3.05) is 27.4 Å². The molecule has 3 heteroatoms. The maximum Gasteiger partial charge on any atom is 0.119 e. The van der Waals surface area contributed by atoms with Crippen LogP contribution in [0.25, 0.3) is 0 Å². The van der Waals surface area contributed by atoms with E-state index in [1.807, 2.05) is 26.1 Å². The van der Waals surface area contributed by atoms with Crippen molar-refractivity contribution >= 4 is 0 Å². The third kappa shape index (κ3) is 3.83. The molecule has 0 spiro atoms. The van der Waals surface area contributed by atoms with Crippen LogP contribution in [0.15, 0.2) is 24.3 Å². The van der Waals surface area contributed by atoms with E-state index in [9.17, 15) is 0 Å². The molecule has 0 aliphatic heterocycles. The predicted octanol–water partition coefficient (Wildman–Crippen LogP) is 2.38. The first kappa shape index (κ1) is 13.0. The number of benzene rings is 1. The second-order valence-corrected chi connectivity index (χ2v) is 3.62. The lowest BCUT2D eigenvalue weighted by Gasteiger charge is -2.16. The molecule has 1 aromatic carbocycles. The van der Waals surface area contributed by atoms with Gasteiger partial charge in [0.2, 0.25) is 0 Å². The average Bonchev–Trinajstić information content (AvgIpc) is 2.32. The monoisotopic (exact) mass is 223 g/mol. The van der Waals surface area contributed by atoms with E-state index in [1.165, 1.54) is 5.56 Å². The van der Waals surface area contributed by atoms with Crippen LogP contribution < -0.4 is 10.1 Å². The molecule has 1 aromatic rings. The van der Waals surface area contributed by atoms with Crippen LogP contribution in [0.3, 0.4) is 0 Å². The standard InChI is InChI=1S/C13H21NO2/c1-4-16-12-7-5-11(6-8-12)13(14-2)9-10-15-3/h5-8,13-14H,4,9-10H2,1-3H3. The molecule has 0 aliphatic carbocycles. The van der Waals surface area contributed by atoms with E-state index in [0.29, 0.717) is 12.6 Å². The second kappa shape index (κ2) is 7.25. The Morgan fingerprint density at radius 3 is 2.44 bits per heavy atom. The SMILES string of the molecule is CCOc1ccc(C(CCOC)NC)cc1. The fourth-order valence-corrected chi connectivity index (χ4v) is 1.68. The van der Waals surface area contributed by atoms with E-state index in [0.717, 1.165) is 18.8 Å². The zero-order chi connectivity index (χ0) is 11.8. The Labute approximate surface area is 97.8 Å². The van der Waals surface area contributed by atoms with E-state index < -0.39 is 0 Å². The van der Waals surface area contributed by atoms with Crippen LogP contribution >= 0.6 is 0 Å². The van der Waals surface area contributed by atoms with Crippen LogP contribution in [0, 0.1) is 0 Å². The fraction of sp³-hybridized carbons (Fsp3) is 0.538. The zero-order valence-electron chi connectivity index (χ0n) is 10.3. The van der Waals surface area contributed by atoms with Crippen molar-refractivity contribution in [3.63, 3.8) is 0 Å². The van der Waals surface area contributed by atoms with Gasteiger partial charge in [0.05, 0.1) is 6.61 Å². The van der Waals surface area contributed by atoms with Crippen LogP contribution in [0.2, 0.25) is 0 Å². The highest BCUT2D eigenvalue weighted by atomic mass is 16.5. The summed E-state index contributed by atoms with van der Waals surface area (Å²) in [7, 11) is 3.70. The van der Waals surface area contributed by atoms with Gasteiger partial charge in [0.25, 0.3) is 0 Å². The zero-order valence-corrected chi connectivity index (χ0v) is 10.3. The molecule has 1 unspecified atom stereocenters. The molecule has 1 rings (SSSR count). The molecular formula is C13H21NO2. The summed E-state index contributed by atoms with van der Waals surface area (Å²) in [4.78, 5) is 0. The molecule has 3 nitrogen and oxygen atoms in total. The first-order valence-electron chi connectivity index (χ1n) is 5.70. The number of ether oxygens (including phenoxy) is 2. The Balaban J connectivity index is 2.62. The minimum Gasteiger partial charge on any atom is -0.494 e. The van der Waals surface area contributed by atoms with Crippen molar-refractivity contribution in [3.8, 4) is 5.75 Å². The van der Waals surface area contributed by atoms with Crippen LogP contribution in [0.4, 0.5) is 0 Å². The molecular weight excluding hydrogens is 202 g/mol. The Hall–Kier alpha value is -1.06. The molecule has 16 heavy (non-hydrogen) atoms. The van der Waals surface area contributed by atoms with Crippen LogP contribution in [0.1, 0.15) is 24.9 Å². The van der Waals surface area contributed by atoms with E-state index >= 15 is 0 Å². The van der Waals surface area contributed by atoms with Crippen LogP contribution in [-0.4, -0.2) is 27.4 Å². The van der Waals surface area contributed by atoms with Crippen molar-refractivity contribution in [1.29, 1.82) is 0 Å². The van der Waals surface area contributed by atoms with Crippen molar-refractivity contribution in [1.82, 2.24) is 5.32 Å². The average molecular weight is 223 g/mol. The lowest BCUT2D eigenvalue weighted by atomic mass is 10.0. The fourth-order valence-electron chi connectivity index (χ4n) is 1.68. The van der Waals surface area contributed by atoms with Gasteiger partial charge in [-0.05, 0) is 38.1 Å². The van der Waals surface area contributed by atoms with Crippen LogP contribution in [-0.2, 0) is 4.74 Å². The molecule has 0 saturated heterocycles. The summed E-state index contributed by atoms with van der Waals surface area (Å²) >= 11 is 0. The normalized spacial score (nSPS) is 12.4. The number of hydrogen-bond acceptors (Lipinski definition) is 3. The molecule has 0 aliphatic rings. The van der Waals surface area contributed by atoms with Gasteiger partial charge in [-0.15, -0.1) is 0 Å². The minimum absolute atomic E-state index is 0.343. The summed E-state index contributed by atoms with van der Waals surface area (Å²) in [5.41, 5.74) is 1.27. The topological polar surface area (TPSA) is 30.5 Å². The highest BCUT2D eigenvalue weighted by Gasteiger charge is 2.08. The first-order chi connectivity index (χ1) is 7.81. The van der Waals surface area contributed by atoms with Gasteiger partial charge in [0, 0.05) is 19.8 Å². The van der Waals surface area contributed by atoms with Gasteiger partial charge >= 0.3 is 0 Å². The lowest BCUT2D eigenvalue weighted by molar-refractivity contribution is 0.184. The lowest BCUT2D eigenvalue weighted by Crippen LogP contribution is -2.17. The first-order valence-corrected chi connectivity index (χ1v) is 5.70. The van der Waals surface area contributed by atoms with E-state index in [4.69, 9.17) is 9.47 Å². The molecule has 0 fully saturated rings. The largest absolute Gasteiger partial charge is 0.494 e. The van der Waals surface area contributed by atoms with Gasteiger partial charge in [-0.25, -0.2) is 0 Å². The van der Waals surface area contributed by atoms with E-state index in [1.54, 1.807) is 7.11 Å². The number of rotatable bonds is 7. The molecule has 1 atom stereocenters. The molecule has 0 saturated carbocycles. The molecule has 0 radical (unpaired) electrons. The maximum absolute atomic E-state index is 5.41. The number of nitrogens with one attached hydrogen (secondary N) is 1. The summed E-state index contributed by atoms with van der Waals surface area (Å²) < 4.78 is 10.5. The second-order valence-electron chi connectivity index (χ2n) is 3.62.